The Bertz CT molecular complexity index is 2760. The molecule has 0 aliphatic rings. The molecule has 0 spiro atoms. The van der Waals surface area contributed by atoms with Crippen LogP contribution in [0.1, 0.15) is 5.56 Å². The van der Waals surface area contributed by atoms with Crippen molar-refractivity contribution in [2.45, 2.75) is 0 Å². The third kappa shape index (κ3) is 4.07. The molecule has 222 valence electrons. The van der Waals surface area contributed by atoms with Crippen LogP contribution < -0.4 is 0 Å². The van der Waals surface area contributed by atoms with E-state index in [1.165, 1.54) is 21.8 Å². The van der Waals surface area contributed by atoms with Crippen molar-refractivity contribution in [1.29, 1.82) is 5.26 Å². The van der Waals surface area contributed by atoms with Crippen molar-refractivity contribution in [2.24, 2.45) is 0 Å². The molecule has 0 fully saturated rings. The summed E-state index contributed by atoms with van der Waals surface area (Å²) in [5.74, 6) is 0. The lowest BCUT2D eigenvalue weighted by Gasteiger charge is -2.15. The average molecular weight is 611 g/mol. The van der Waals surface area contributed by atoms with Crippen LogP contribution in [0, 0.1) is 17.9 Å². The van der Waals surface area contributed by atoms with Crippen LogP contribution in [-0.4, -0.2) is 9.13 Å². The number of nitrogens with zero attached hydrogens (tertiary/aromatic N) is 4. The third-order valence-electron chi connectivity index (χ3n) is 9.38. The van der Waals surface area contributed by atoms with Gasteiger partial charge in [-0.1, -0.05) is 115 Å². The zero-order chi connectivity index (χ0) is 32.2. The van der Waals surface area contributed by atoms with Gasteiger partial charge in [0.05, 0.1) is 45.6 Å². The quantitative estimate of drug-likeness (QED) is 0.183. The molecule has 0 bridgehead atoms. The summed E-state index contributed by atoms with van der Waals surface area (Å²) >= 11 is 0. The van der Waals surface area contributed by atoms with Crippen molar-refractivity contribution in [3.05, 3.63) is 175 Å². The maximum absolute atomic E-state index is 10.5. The van der Waals surface area contributed by atoms with Crippen LogP contribution in [0.5, 0.6) is 0 Å². The van der Waals surface area contributed by atoms with Gasteiger partial charge in [-0.05, 0) is 64.5 Å². The molecule has 0 saturated carbocycles. The van der Waals surface area contributed by atoms with Crippen LogP contribution in [0.4, 0.5) is 5.69 Å². The predicted molar refractivity (Wildman–Crippen MR) is 197 cm³/mol. The average Bonchev–Trinajstić information content (AvgIpc) is 3.68. The van der Waals surface area contributed by atoms with Crippen molar-refractivity contribution < 1.29 is 0 Å². The second-order valence-electron chi connectivity index (χ2n) is 11.9. The maximum atomic E-state index is 10.5. The van der Waals surface area contributed by atoms with E-state index < -0.39 is 0 Å². The molecule has 9 rings (SSSR count). The van der Waals surface area contributed by atoms with E-state index in [2.05, 4.69) is 135 Å². The van der Waals surface area contributed by atoms with E-state index in [9.17, 15) is 5.26 Å². The first kappa shape index (κ1) is 27.4. The summed E-state index contributed by atoms with van der Waals surface area (Å²) in [4.78, 5) is 3.84. The van der Waals surface area contributed by atoms with Gasteiger partial charge in [-0.2, -0.15) is 5.26 Å². The largest absolute Gasteiger partial charge is 0.318 e. The molecule has 0 aliphatic heterocycles. The van der Waals surface area contributed by atoms with Crippen LogP contribution >= 0.6 is 0 Å². The van der Waals surface area contributed by atoms with Gasteiger partial charge in [0.25, 0.3) is 0 Å². The van der Waals surface area contributed by atoms with Gasteiger partial charge in [0.1, 0.15) is 6.07 Å². The summed E-state index contributed by atoms with van der Waals surface area (Å²) in [6.07, 6.45) is 0. The molecule has 4 heteroatoms. The number of fused-ring (bicyclic) bond motifs is 6. The SMILES string of the molecule is [C-]#[N+]c1cccc2c3ccccc3n(-c3ccc(-c4cccc(-c5ccccc5-n5c6ccccc6c6ccccc65)c4)cc3C#N)c12. The zero-order valence-electron chi connectivity index (χ0n) is 25.8. The lowest BCUT2D eigenvalue weighted by atomic mass is 9.96. The summed E-state index contributed by atoms with van der Waals surface area (Å²) in [5.41, 5.74) is 11.3. The minimum absolute atomic E-state index is 0.547. The Balaban J connectivity index is 1.20. The Morgan fingerprint density at radius 2 is 1.04 bits per heavy atom. The molecular formula is C44H26N4. The molecule has 0 atom stereocenters. The molecule has 2 heterocycles. The van der Waals surface area contributed by atoms with E-state index in [0.717, 1.165) is 55.4 Å². The van der Waals surface area contributed by atoms with Crippen molar-refractivity contribution in [1.82, 2.24) is 9.13 Å². The minimum Gasteiger partial charge on any atom is -0.318 e. The van der Waals surface area contributed by atoms with Gasteiger partial charge in [-0.25, -0.2) is 4.85 Å². The van der Waals surface area contributed by atoms with E-state index in [1.54, 1.807) is 0 Å². The zero-order valence-corrected chi connectivity index (χ0v) is 25.8. The first-order valence-corrected chi connectivity index (χ1v) is 15.9. The van der Waals surface area contributed by atoms with Gasteiger partial charge < -0.3 is 9.13 Å². The summed E-state index contributed by atoms with van der Waals surface area (Å²) in [6.45, 7) is 7.88. The number of aromatic nitrogens is 2. The lowest BCUT2D eigenvalue weighted by molar-refractivity contribution is 1.17. The van der Waals surface area contributed by atoms with E-state index in [1.807, 2.05) is 42.5 Å². The highest BCUT2D eigenvalue weighted by atomic mass is 15.0. The van der Waals surface area contributed by atoms with Crippen molar-refractivity contribution >= 4 is 49.3 Å². The Kier molecular flexibility index (Phi) is 6.22. The summed E-state index contributed by atoms with van der Waals surface area (Å²) in [6, 6.07) is 56.7. The van der Waals surface area contributed by atoms with E-state index >= 15 is 0 Å². The summed E-state index contributed by atoms with van der Waals surface area (Å²) in [5, 5.41) is 15.0. The molecule has 0 aliphatic carbocycles. The van der Waals surface area contributed by atoms with E-state index in [-0.39, 0.29) is 0 Å². The standard InChI is InChI=1S/C44H26N4/c1-46-38-19-11-18-37-36-17-5-9-23-43(36)48(44(37)38)39-25-24-30(27-32(39)28-45)29-12-10-13-31(26-29)33-14-2-6-20-40(33)47-41-21-7-3-15-34(41)35-16-4-8-22-42(35)47/h2-27H. The molecular weight excluding hydrogens is 585 g/mol. The first-order valence-electron chi connectivity index (χ1n) is 15.9. The molecule has 0 radical (unpaired) electrons. The molecule has 4 nitrogen and oxygen atoms in total. The number of rotatable bonds is 4. The van der Waals surface area contributed by atoms with Crippen LogP contribution in [0.15, 0.2) is 158 Å². The van der Waals surface area contributed by atoms with Crippen LogP contribution in [-0.2, 0) is 0 Å². The second-order valence-corrected chi connectivity index (χ2v) is 11.9. The minimum atomic E-state index is 0.547. The molecule has 0 N–H and O–H groups in total. The molecule has 9 aromatic rings. The Hall–Kier alpha value is -6.88. The first-order chi connectivity index (χ1) is 23.7. The van der Waals surface area contributed by atoms with Crippen molar-refractivity contribution in [3.63, 3.8) is 0 Å². The smallest absolute Gasteiger partial charge is 0.211 e. The number of hydrogen-bond donors (Lipinski definition) is 0. The Labute approximate surface area is 277 Å². The van der Waals surface area contributed by atoms with Crippen molar-refractivity contribution in [3.8, 4) is 39.7 Å². The van der Waals surface area contributed by atoms with Gasteiger partial charge in [0.15, 0.2) is 0 Å². The van der Waals surface area contributed by atoms with Crippen LogP contribution in [0.2, 0.25) is 0 Å². The van der Waals surface area contributed by atoms with Gasteiger partial charge in [0, 0.05) is 21.7 Å². The monoisotopic (exact) mass is 610 g/mol. The number of benzene rings is 7. The van der Waals surface area contributed by atoms with Crippen molar-refractivity contribution in [2.75, 3.05) is 0 Å². The normalized spacial score (nSPS) is 11.3. The van der Waals surface area contributed by atoms with Crippen LogP contribution in [0.25, 0.3) is 82.1 Å². The molecule has 0 unspecified atom stereocenters. The number of para-hydroxylation sites is 5. The Morgan fingerprint density at radius 3 is 1.75 bits per heavy atom. The highest BCUT2D eigenvalue weighted by Crippen LogP contribution is 2.40. The van der Waals surface area contributed by atoms with Gasteiger partial charge >= 0.3 is 0 Å². The Morgan fingerprint density at radius 1 is 0.479 bits per heavy atom. The maximum Gasteiger partial charge on any atom is 0.211 e. The fourth-order valence-electron chi connectivity index (χ4n) is 7.30. The van der Waals surface area contributed by atoms with Gasteiger partial charge in [0.2, 0.25) is 5.69 Å². The fraction of sp³-hybridized carbons (Fsp3) is 0. The molecule has 0 amide bonds. The van der Waals surface area contributed by atoms with E-state index in [0.29, 0.717) is 11.3 Å². The number of nitriles is 1. The fourth-order valence-corrected chi connectivity index (χ4v) is 7.30. The number of hydrogen-bond acceptors (Lipinski definition) is 1. The molecule has 2 aromatic heterocycles. The molecule has 0 saturated heterocycles. The molecule has 48 heavy (non-hydrogen) atoms. The lowest BCUT2D eigenvalue weighted by Crippen LogP contribution is -1.98. The highest BCUT2D eigenvalue weighted by molar-refractivity contribution is 6.13. The van der Waals surface area contributed by atoms with Gasteiger partial charge in [-0.3, -0.25) is 0 Å². The topological polar surface area (TPSA) is 38.0 Å². The predicted octanol–water partition coefficient (Wildman–Crippen LogP) is 11.6. The van der Waals surface area contributed by atoms with Gasteiger partial charge in [-0.15, -0.1) is 0 Å². The summed E-state index contributed by atoms with van der Waals surface area (Å²) in [7, 11) is 0. The summed E-state index contributed by atoms with van der Waals surface area (Å²) < 4.78 is 4.43. The second kappa shape index (κ2) is 10.9. The molecule has 7 aromatic carbocycles. The third-order valence-corrected chi connectivity index (χ3v) is 9.38. The van der Waals surface area contributed by atoms with Crippen LogP contribution in [0.3, 0.4) is 0 Å². The van der Waals surface area contributed by atoms with E-state index in [4.69, 9.17) is 6.57 Å². The highest BCUT2D eigenvalue weighted by Gasteiger charge is 2.19.